The second-order valence-electron chi connectivity index (χ2n) is 6.00. The van der Waals surface area contributed by atoms with Crippen LogP contribution < -0.4 is 5.32 Å². The molecule has 1 amide bonds. The molecule has 6 nitrogen and oxygen atoms in total. The van der Waals surface area contributed by atoms with Crippen molar-refractivity contribution >= 4 is 35.4 Å². The molecule has 1 aromatic heterocycles. The number of aromatic nitrogens is 2. The zero-order valence-electron chi connectivity index (χ0n) is 16.2. The van der Waals surface area contributed by atoms with Crippen LogP contribution in [0.15, 0.2) is 72.2 Å². The number of carbonyl (C=O) groups excluding carboxylic acids is 2. The Hall–Kier alpha value is -3.32. The molecule has 0 fully saturated rings. The number of nitrogens with zero attached hydrogens (tertiary/aromatic N) is 2. The Morgan fingerprint density at radius 1 is 1.21 bits per heavy atom. The van der Waals surface area contributed by atoms with Crippen LogP contribution >= 0.6 is 11.8 Å². The van der Waals surface area contributed by atoms with Gasteiger partial charge in [0, 0.05) is 35.4 Å². The van der Waals surface area contributed by atoms with Crippen molar-refractivity contribution in [1.82, 2.24) is 9.55 Å². The largest absolute Gasteiger partial charge is 0.463 e. The standard InChI is InChI=1S/C22H21N3O3S/c1-3-28-20(26)12-9-16-7-10-18(11-8-16)24-21(27)17-5-4-6-19(15-17)25-14-13-23-22(25)29-2/h4-15H,3H2,1-2H3,(H,24,27)/b12-9+. The number of ether oxygens (including phenoxy) is 1. The average Bonchev–Trinajstić information content (AvgIpc) is 3.22. The minimum atomic E-state index is -0.382. The number of hydrogen-bond donors (Lipinski definition) is 1. The summed E-state index contributed by atoms with van der Waals surface area (Å²) >= 11 is 1.54. The highest BCUT2D eigenvalue weighted by Gasteiger charge is 2.09. The monoisotopic (exact) mass is 407 g/mol. The van der Waals surface area contributed by atoms with Gasteiger partial charge in [-0.05, 0) is 55.2 Å². The Morgan fingerprint density at radius 3 is 2.72 bits per heavy atom. The van der Waals surface area contributed by atoms with Gasteiger partial charge in [0.15, 0.2) is 5.16 Å². The minimum absolute atomic E-state index is 0.201. The highest BCUT2D eigenvalue weighted by molar-refractivity contribution is 7.98. The van der Waals surface area contributed by atoms with Crippen molar-refractivity contribution in [2.45, 2.75) is 12.1 Å². The molecule has 0 spiro atoms. The maximum absolute atomic E-state index is 12.6. The fraction of sp³-hybridized carbons (Fsp3) is 0.136. The SMILES string of the molecule is CCOC(=O)/C=C/c1ccc(NC(=O)c2cccc(-n3ccnc3SC)c2)cc1. The van der Waals surface area contributed by atoms with E-state index < -0.39 is 0 Å². The van der Waals surface area contributed by atoms with Gasteiger partial charge in [-0.25, -0.2) is 9.78 Å². The molecule has 148 valence electrons. The normalized spacial score (nSPS) is 10.8. The number of carbonyl (C=O) groups is 2. The van der Waals surface area contributed by atoms with E-state index in [1.165, 1.54) is 6.08 Å². The van der Waals surface area contributed by atoms with E-state index in [4.69, 9.17) is 4.74 Å². The summed E-state index contributed by atoms with van der Waals surface area (Å²) in [6, 6.07) is 14.6. The summed E-state index contributed by atoms with van der Waals surface area (Å²) in [6.45, 7) is 2.10. The lowest BCUT2D eigenvalue weighted by atomic mass is 10.1. The van der Waals surface area contributed by atoms with Crippen molar-refractivity contribution < 1.29 is 14.3 Å². The second-order valence-corrected chi connectivity index (χ2v) is 6.77. The van der Waals surface area contributed by atoms with Gasteiger partial charge in [0.1, 0.15) is 0 Å². The number of amides is 1. The summed E-state index contributed by atoms with van der Waals surface area (Å²) < 4.78 is 6.79. The van der Waals surface area contributed by atoms with Crippen LogP contribution in [0.3, 0.4) is 0 Å². The first-order valence-corrected chi connectivity index (χ1v) is 10.3. The Morgan fingerprint density at radius 2 is 2.00 bits per heavy atom. The van der Waals surface area contributed by atoms with Crippen molar-refractivity contribution in [3.05, 3.63) is 78.1 Å². The van der Waals surface area contributed by atoms with Gasteiger partial charge in [-0.2, -0.15) is 0 Å². The number of benzene rings is 2. The van der Waals surface area contributed by atoms with E-state index in [0.29, 0.717) is 17.9 Å². The Bertz CT molecular complexity index is 1030. The lowest BCUT2D eigenvalue weighted by molar-refractivity contribution is -0.137. The summed E-state index contributed by atoms with van der Waals surface area (Å²) in [5.74, 6) is -0.584. The summed E-state index contributed by atoms with van der Waals surface area (Å²) in [4.78, 5) is 28.3. The lowest BCUT2D eigenvalue weighted by Crippen LogP contribution is -2.12. The molecule has 3 rings (SSSR count). The first-order chi connectivity index (χ1) is 14.1. The maximum atomic E-state index is 12.6. The predicted octanol–water partition coefficient (Wildman–Crippen LogP) is 4.42. The van der Waals surface area contributed by atoms with Crippen LogP contribution in [0.5, 0.6) is 0 Å². The van der Waals surface area contributed by atoms with Gasteiger partial charge < -0.3 is 10.1 Å². The molecule has 0 aliphatic carbocycles. The van der Waals surface area contributed by atoms with Crippen LogP contribution in [0, 0.1) is 0 Å². The fourth-order valence-electron chi connectivity index (χ4n) is 2.67. The Labute approximate surface area is 173 Å². The molecule has 3 aromatic rings. The fourth-order valence-corrected chi connectivity index (χ4v) is 3.20. The van der Waals surface area contributed by atoms with E-state index in [-0.39, 0.29) is 11.9 Å². The number of hydrogen-bond acceptors (Lipinski definition) is 5. The highest BCUT2D eigenvalue weighted by atomic mass is 32.2. The van der Waals surface area contributed by atoms with Crippen LogP contribution in [0.4, 0.5) is 5.69 Å². The quantitative estimate of drug-likeness (QED) is 0.356. The third kappa shape index (κ3) is 5.36. The Balaban J connectivity index is 1.69. The molecule has 29 heavy (non-hydrogen) atoms. The Kier molecular flexibility index (Phi) is 6.86. The molecule has 7 heteroatoms. The van der Waals surface area contributed by atoms with Crippen molar-refractivity contribution in [3.63, 3.8) is 0 Å². The van der Waals surface area contributed by atoms with Gasteiger partial charge >= 0.3 is 5.97 Å². The lowest BCUT2D eigenvalue weighted by Gasteiger charge is -2.09. The molecule has 0 bridgehead atoms. The maximum Gasteiger partial charge on any atom is 0.330 e. The molecule has 0 saturated heterocycles. The summed E-state index contributed by atoms with van der Waals surface area (Å²) in [5.41, 5.74) is 2.93. The molecule has 0 atom stereocenters. The van der Waals surface area contributed by atoms with Crippen molar-refractivity contribution in [1.29, 1.82) is 0 Å². The second kappa shape index (κ2) is 9.75. The van der Waals surface area contributed by atoms with Gasteiger partial charge in [0.05, 0.1) is 6.61 Å². The van der Waals surface area contributed by atoms with E-state index in [1.807, 2.05) is 47.4 Å². The number of anilines is 1. The molecule has 1 heterocycles. The number of imidazole rings is 1. The highest BCUT2D eigenvalue weighted by Crippen LogP contribution is 2.20. The van der Waals surface area contributed by atoms with Crippen molar-refractivity contribution in [2.24, 2.45) is 0 Å². The van der Waals surface area contributed by atoms with E-state index in [1.54, 1.807) is 49.2 Å². The summed E-state index contributed by atoms with van der Waals surface area (Å²) in [7, 11) is 0. The zero-order chi connectivity index (χ0) is 20.6. The number of esters is 1. The van der Waals surface area contributed by atoms with Crippen molar-refractivity contribution in [2.75, 3.05) is 18.2 Å². The van der Waals surface area contributed by atoms with E-state index in [2.05, 4.69) is 10.3 Å². The molecule has 0 aliphatic heterocycles. The number of nitrogens with one attached hydrogen (secondary N) is 1. The molecule has 0 unspecified atom stereocenters. The van der Waals surface area contributed by atoms with Crippen LogP contribution in [0.25, 0.3) is 11.8 Å². The van der Waals surface area contributed by atoms with Gasteiger partial charge in [0.2, 0.25) is 0 Å². The van der Waals surface area contributed by atoms with E-state index in [0.717, 1.165) is 16.4 Å². The average molecular weight is 407 g/mol. The molecule has 0 aliphatic rings. The van der Waals surface area contributed by atoms with Crippen LogP contribution in [0.2, 0.25) is 0 Å². The van der Waals surface area contributed by atoms with Gasteiger partial charge in [-0.3, -0.25) is 9.36 Å². The smallest absolute Gasteiger partial charge is 0.330 e. The first kappa shape index (κ1) is 20.4. The van der Waals surface area contributed by atoms with Gasteiger partial charge in [0.25, 0.3) is 5.91 Å². The minimum Gasteiger partial charge on any atom is -0.463 e. The third-order valence-corrected chi connectivity index (χ3v) is 4.71. The topological polar surface area (TPSA) is 73.2 Å². The molecule has 1 N–H and O–H groups in total. The molecular weight excluding hydrogens is 386 g/mol. The van der Waals surface area contributed by atoms with E-state index >= 15 is 0 Å². The van der Waals surface area contributed by atoms with Gasteiger partial charge in [-0.1, -0.05) is 30.0 Å². The van der Waals surface area contributed by atoms with Crippen LogP contribution in [-0.4, -0.2) is 34.3 Å². The van der Waals surface area contributed by atoms with E-state index in [9.17, 15) is 9.59 Å². The molecule has 0 radical (unpaired) electrons. The van der Waals surface area contributed by atoms with Gasteiger partial charge in [-0.15, -0.1) is 0 Å². The molecule has 2 aromatic carbocycles. The first-order valence-electron chi connectivity index (χ1n) is 9.04. The van der Waals surface area contributed by atoms with Crippen LogP contribution in [0.1, 0.15) is 22.8 Å². The number of thioether (sulfide) groups is 1. The van der Waals surface area contributed by atoms with Crippen molar-refractivity contribution in [3.8, 4) is 5.69 Å². The predicted molar refractivity (Wildman–Crippen MR) is 115 cm³/mol. The molecular formula is C22H21N3O3S. The van der Waals surface area contributed by atoms with Crippen LogP contribution in [-0.2, 0) is 9.53 Å². The third-order valence-electron chi connectivity index (χ3n) is 4.04. The zero-order valence-corrected chi connectivity index (χ0v) is 17.0. The number of rotatable bonds is 7. The molecule has 0 saturated carbocycles. The summed E-state index contributed by atoms with van der Waals surface area (Å²) in [5, 5.41) is 3.74. The summed E-state index contributed by atoms with van der Waals surface area (Å²) in [6.07, 6.45) is 8.60.